The summed E-state index contributed by atoms with van der Waals surface area (Å²) in [4.78, 5) is 10.7. The lowest BCUT2D eigenvalue weighted by molar-refractivity contribution is -0.114. The van der Waals surface area contributed by atoms with Crippen molar-refractivity contribution >= 4 is 35.2 Å². The minimum Gasteiger partial charge on any atom is -0.484 e. The quantitative estimate of drug-likeness (QED) is 0.811. The van der Waals surface area contributed by atoms with Gasteiger partial charge in [-0.25, -0.2) is 0 Å². The van der Waals surface area contributed by atoms with Crippen molar-refractivity contribution in [2.75, 3.05) is 6.61 Å². The SMILES string of the molecule is N=CC(=O)COc1cccc(Cl)c1Cl. The van der Waals surface area contributed by atoms with Gasteiger partial charge in [-0.15, -0.1) is 0 Å². The Kier molecular flexibility index (Phi) is 3.92. The second kappa shape index (κ2) is 4.98. The van der Waals surface area contributed by atoms with E-state index in [1.165, 1.54) is 0 Å². The molecule has 0 aliphatic rings. The third kappa shape index (κ3) is 2.72. The molecule has 0 spiro atoms. The van der Waals surface area contributed by atoms with Gasteiger partial charge in [0.25, 0.3) is 0 Å². The minimum atomic E-state index is -0.430. The van der Waals surface area contributed by atoms with E-state index in [0.717, 1.165) is 0 Å². The molecule has 0 radical (unpaired) electrons. The maximum atomic E-state index is 10.7. The van der Waals surface area contributed by atoms with Gasteiger partial charge in [-0.1, -0.05) is 29.3 Å². The number of hydrogen-bond donors (Lipinski definition) is 1. The van der Waals surface area contributed by atoms with Gasteiger partial charge in [0, 0.05) is 0 Å². The molecular weight excluding hydrogens is 225 g/mol. The first kappa shape index (κ1) is 11.0. The lowest BCUT2D eigenvalue weighted by Crippen LogP contribution is -2.11. The van der Waals surface area contributed by atoms with Gasteiger partial charge in [-0.05, 0) is 12.1 Å². The van der Waals surface area contributed by atoms with Crippen molar-refractivity contribution in [2.45, 2.75) is 0 Å². The third-order valence-corrected chi connectivity index (χ3v) is 2.25. The van der Waals surface area contributed by atoms with Gasteiger partial charge in [0.2, 0.25) is 5.78 Å². The predicted molar refractivity (Wildman–Crippen MR) is 55.7 cm³/mol. The molecule has 0 atom stereocenters. The van der Waals surface area contributed by atoms with E-state index in [-0.39, 0.29) is 11.6 Å². The summed E-state index contributed by atoms with van der Waals surface area (Å²) in [7, 11) is 0. The van der Waals surface area contributed by atoms with Crippen molar-refractivity contribution in [3.05, 3.63) is 28.2 Å². The number of carbonyl (C=O) groups is 1. The molecule has 1 N–H and O–H groups in total. The molecule has 1 aromatic rings. The van der Waals surface area contributed by atoms with Crippen LogP contribution in [-0.4, -0.2) is 18.6 Å². The standard InChI is InChI=1S/C9H7Cl2NO2/c10-7-2-1-3-8(9(7)11)14-5-6(13)4-12/h1-4,12H,5H2. The Morgan fingerprint density at radius 3 is 2.86 bits per heavy atom. The molecule has 5 heteroatoms. The van der Waals surface area contributed by atoms with Crippen molar-refractivity contribution in [3.63, 3.8) is 0 Å². The summed E-state index contributed by atoms with van der Waals surface area (Å²) < 4.78 is 5.05. The highest BCUT2D eigenvalue weighted by atomic mass is 35.5. The number of nitrogens with one attached hydrogen (secondary N) is 1. The molecule has 3 nitrogen and oxygen atoms in total. The minimum absolute atomic E-state index is 0.205. The molecule has 0 bridgehead atoms. The van der Waals surface area contributed by atoms with Gasteiger partial charge in [0.1, 0.15) is 10.8 Å². The van der Waals surface area contributed by atoms with Crippen LogP contribution in [0.2, 0.25) is 10.0 Å². The Balaban J connectivity index is 2.72. The van der Waals surface area contributed by atoms with E-state index >= 15 is 0 Å². The zero-order valence-electron chi connectivity index (χ0n) is 7.09. The topological polar surface area (TPSA) is 50.2 Å². The molecule has 0 saturated carbocycles. The fourth-order valence-electron chi connectivity index (χ4n) is 0.786. The molecule has 0 amide bonds. The number of rotatable bonds is 4. The smallest absolute Gasteiger partial charge is 0.210 e. The molecule has 0 heterocycles. The fraction of sp³-hybridized carbons (Fsp3) is 0.111. The first-order valence-electron chi connectivity index (χ1n) is 3.75. The molecule has 0 unspecified atom stereocenters. The van der Waals surface area contributed by atoms with E-state index in [0.29, 0.717) is 17.0 Å². The predicted octanol–water partition coefficient (Wildman–Crippen LogP) is 2.59. The normalized spacial score (nSPS) is 9.57. The number of ketones is 1. The molecule has 1 aromatic carbocycles. The van der Waals surface area contributed by atoms with Gasteiger partial charge in [-0.3, -0.25) is 4.79 Å². The van der Waals surface area contributed by atoms with Crippen LogP contribution in [0, 0.1) is 5.41 Å². The first-order valence-corrected chi connectivity index (χ1v) is 4.51. The second-order valence-corrected chi connectivity index (χ2v) is 3.24. The Hall–Kier alpha value is -1.06. The lowest BCUT2D eigenvalue weighted by Gasteiger charge is -2.06. The lowest BCUT2D eigenvalue weighted by atomic mass is 10.3. The number of hydrogen-bond acceptors (Lipinski definition) is 3. The van der Waals surface area contributed by atoms with E-state index in [2.05, 4.69) is 0 Å². The first-order chi connectivity index (χ1) is 6.65. The molecule has 0 fully saturated rings. The van der Waals surface area contributed by atoms with Crippen LogP contribution in [0.1, 0.15) is 0 Å². The highest BCUT2D eigenvalue weighted by Gasteiger charge is 2.06. The average molecular weight is 232 g/mol. The van der Waals surface area contributed by atoms with Gasteiger partial charge >= 0.3 is 0 Å². The largest absolute Gasteiger partial charge is 0.484 e. The summed E-state index contributed by atoms with van der Waals surface area (Å²) in [6, 6.07) is 4.89. The zero-order chi connectivity index (χ0) is 10.6. The molecule has 0 aliphatic heterocycles. The molecule has 0 saturated heterocycles. The summed E-state index contributed by atoms with van der Waals surface area (Å²) in [5, 5.41) is 7.29. The van der Waals surface area contributed by atoms with Crippen LogP contribution in [0.15, 0.2) is 18.2 Å². The maximum Gasteiger partial charge on any atom is 0.210 e. The molecular formula is C9H7Cl2NO2. The number of ether oxygens (including phenoxy) is 1. The van der Waals surface area contributed by atoms with Crippen molar-refractivity contribution in [2.24, 2.45) is 0 Å². The van der Waals surface area contributed by atoms with Crippen molar-refractivity contribution in [1.29, 1.82) is 5.41 Å². The highest BCUT2D eigenvalue weighted by molar-refractivity contribution is 6.42. The number of halogens is 2. The van der Waals surface area contributed by atoms with E-state index in [1.807, 2.05) is 0 Å². The van der Waals surface area contributed by atoms with E-state index in [9.17, 15) is 4.79 Å². The maximum absolute atomic E-state index is 10.7. The highest BCUT2D eigenvalue weighted by Crippen LogP contribution is 2.31. The van der Waals surface area contributed by atoms with Crippen LogP contribution in [-0.2, 0) is 4.79 Å². The van der Waals surface area contributed by atoms with Crippen LogP contribution < -0.4 is 4.74 Å². The summed E-state index contributed by atoms with van der Waals surface area (Å²) in [6.45, 7) is -0.205. The third-order valence-electron chi connectivity index (χ3n) is 1.45. The molecule has 1 rings (SSSR count). The van der Waals surface area contributed by atoms with Crippen LogP contribution in [0.4, 0.5) is 0 Å². The Morgan fingerprint density at radius 1 is 1.50 bits per heavy atom. The van der Waals surface area contributed by atoms with Crippen molar-refractivity contribution in [1.82, 2.24) is 0 Å². The van der Waals surface area contributed by atoms with Crippen LogP contribution in [0.25, 0.3) is 0 Å². The van der Waals surface area contributed by atoms with Crippen LogP contribution >= 0.6 is 23.2 Å². The van der Waals surface area contributed by atoms with E-state index < -0.39 is 5.78 Å². The number of carbonyl (C=O) groups excluding carboxylic acids is 1. The monoisotopic (exact) mass is 231 g/mol. The summed E-state index contributed by atoms with van der Waals surface area (Å²) in [5.41, 5.74) is 0. The van der Waals surface area contributed by atoms with Crippen LogP contribution in [0.3, 0.4) is 0 Å². The Morgan fingerprint density at radius 2 is 2.21 bits per heavy atom. The van der Waals surface area contributed by atoms with Gasteiger partial charge in [0.05, 0.1) is 11.2 Å². The van der Waals surface area contributed by atoms with Crippen molar-refractivity contribution in [3.8, 4) is 5.75 Å². The molecule has 74 valence electrons. The summed E-state index contributed by atoms with van der Waals surface area (Å²) in [5.74, 6) is -0.0876. The number of Topliss-reactive ketones (excluding diaryl/α,β-unsaturated/α-hetero) is 1. The number of benzene rings is 1. The van der Waals surface area contributed by atoms with Crippen LogP contribution in [0.5, 0.6) is 5.75 Å². The Bertz CT molecular complexity index is 366. The Labute approximate surface area is 91.1 Å². The zero-order valence-corrected chi connectivity index (χ0v) is 8.60. The van der Waals surface area contributed by atoms with E-state index in [1.54, 1.807) is 18.2 Å². The fourth-order valence-corrected chi connectivity index (χ4v) is 1.13. The summed E-state index contributed by atoms with van der Waals surface area (Å²) in [6.07, 6.45) is 0.693. The van der Waals surface area contributed by atoms with Crippen molar-refractivity contribution < 1.29 is 9.53 Å². The molecule has 0 aromatic heterocycles. The molecule has 14 heavy (non-hydrogen) atoms. The molecule has 0 aliphatic carbocycles. The average Bonchev–Trinajstić information content (AvgIpc) is 2.20. The second-order valence-electron chi connectivity index (χ2n) is 2.45. The van der Waals surface area contributed by atoms with Gasteiger partial charge in [-0.2, -0.15) is 0 Å². The van der Waals surface area contributed by atoms with Gasteiger partial charge < -0.3 is 10.1 Å². The van der Waals surface area contributed by atoms with E-state index in [4.69, 9.17) is 33.3 Å². The summed E-state index contributed by atoms with van der Waals surface area (Å²) >= 11 is 11.5. The van der Waals surface area contributed by atoms with Gasteiger partial charge in [0.15, 0.2) is 6.61 Å².